The number of unbranched alkanes of at least 4 members (excludes halogenated alkanes) is 1. The lowest BCUT2D eigenvalue weighted by Gasteiger charge is -2.13. The Hall–Kier alpha value is -1.52. The number of rotatable bonds is 5. The summed E-state index contributed by atoms with van der Waals surface area (Å²) in [5.41, 5.74) is -0.213. The molecular formula is C13H16F3NO. The molecule has 0 saturated heterocycles. The monoisotopic (exact) mass is 259 g/mol. The molecule has 1 unspecified atom stereocenters. The van der Waals surface area contributed by atoms with Crippen LogP contribution >= 0.6 is 0 Å². The number of hydrogen-bond acceptors (Lipinski definition) is 1. The second kappa shape index (κ2) is 6.42. The van der Waals surface area contributed by atoms with Crippen LogP contribution < -0.4 is 5.32 Å². The van der Waals surface area contributed by atoms with E-state index in [1.807, 2.05) is 13.8 Å². The Kier molecular flexibility index (Phi) is 5.19. The summed E-state index contributed by atoms with van der Waals surface area (Å²) in [5, 5.41) is 2.61. The summed E-state index contributed by atoms with van der Waals surface area (Å²) in [7, 11) is 0. The molecule has 0 aromatic heterocycles. The molecule has 0 aliphatic heterocycles. The highest BCUT2D eigenvalue weighted by molar-refractivity contribution is 5.94. The normalized spacial score (nSPS) is 12.3. The molecule has 0 radical (unpaired) electrons. The van der Waals surface area contributed by atoms with Crippen LogP contribution in [-0.2, 0) is 0 Å². The summed E-state index contributed by atoms with van der Waals surface area (Å²) in [4.78, 5) is 11.7. The molecule has 1 atom stereocenters. The standard InChI is InChI=1S/C13H16F3NO/c1-3-4-5-8(2)17-13(18)9-6-10(14)12(16)11(15)7-9/h6-8H,3-5H2,1-2H3,(H,17,18). The average Bonchev–Trinajstić information content (AvgIpc) is 2.32. The molecule has 1 rings (SSSR count). The van der Waals surface area contributed by atoms with Gasteiger partial charge in [0.25, 0.3) is 5.91 Å². The predicted octanol–water partition coefficient (Wildman–Crippen LogP) is 3.41. The Balaban J connectivity index is 2.73. The minimum Gasteiger partial charge on any atom is -0.350 e. The zero-order valence-corrected chi connectivity index (χ0v) is 10.4. The third kappa shape index (κ3) is 3.75. The highest BCUT2D eigenvalue weighted by Gasteiger charge is 2.16. The molecule has 0 bridgehead atoms. The van der Waals surface area contributed by atoms with Crippen molar-refractivity contribution in [2.24, 2.45) is 0 Å². The Bertz CT molecular complexity index is 411. The summed E-state index contributed by atoms with van der Waals surface area (Å²) in [6.07, 6.45) is 2.74. The number of carbonyl (C=O) groups excluding carboxylic acids is 1. The zero-order valence-electron chi connectivity index (χ0n) is 10.4. The smallest absolute Gasteiger partial charge is 0.251 e. The van der Waals surface area contributed by atoms with E-state index in [9.17, 15) is 18.0 Å². The van der Waals surface area contributed by atoms with Gasteiger partial charge in [0.2, 0.25) is 0 Å². The molecule has 1 amide bonds. The molecular weight excluding hydrogens is 243 g/mol. The van der Waals surface area contributed by atoms with Crippen molar-refractivity contribution in [3.63, 3.8) is 0 Å². The van der Waals surface area contributed by atoms with Crippen molar-refractivity contribution in [3.8, 4) is 0 Å². The van der Waals surface area contributed by atoms with Gasteiger partial charge in [0, 0.05) is 11.6 Å². The highest BCUT2D eigenvalue weighted by Crippen LogP contribution is 2.14. The lowest BCUT2D eigenvalue weighted by molar-refractivity contribution is 0.0937. The lowest BCUT2D eigenvalue weighted by Crippen LogP contribution is -2.32. The van der Waals surface area contributed by atoms with E-state index in [4.69, 9.17) is 0 Å². The molecule has 1 N–H and O–H groups in total. The molecule has 2 nitrogen and oxygen atoms in total. The van der Waals surface area contributed by atoms with Crippen molar-refractivity contribution in [1.29, 1.82) is 0 Å². The van der Waals surface area contributed by atoms with Crippen molar-refractivity contribution >= 4 is 5.91 Å². The van der Waals surface area contributed by atoms with Gasteiger partial charge in [-0.3, -0.25) is 4.79 Å². The number of halogens is 3. The van der Waals surface area contributed by atoms with Gasteiger partial charge in [-0.05, 0) is 25.5 Å². The first-order chi connectivity index (χ1) is 8.45. The van der Waals surface area contributed by atoms with E-state index in [0.717, 1.165) is 19.3 Å². The molecule has 0 aliphatic rings. The number of amides is 1. The minimum absolute atomic E-state index is 0.0892. The van der Waals surface area contributed by atoms with Crippen LogP contribution in [0.3, 0.4) is 0 Å². The average molecular weight is 259 g/mol. The van der Waals surface area contributed by atoms with Crippen LogP contribution in [0.15, 0.2) is 12.1 Å². The molecule has 5 heteroatoms. The molecule has 0 aliphatic carbocycles. The molecule has 18 heavy (non-hydrogen) atoms. The van der Waals surface area contributed by atoms with Crippen LogP contribution in [0, 0.1) is 17.5 Å². The van der Waals surface area contributed by atoms with Gasteiger partial charge in [-0.25, -0.2) is 13.2 Å². The van der Waals surface area contributed by atoms with Crippen molar-refractivity contribution in [3.05, 3.63) is 35.1 Å². The van der Waals surface area contributed by atoms with Gasteiger partial charge in [0.1, 0.15) is 0 Å². The summed E-state index contributed by atoms with van der Waals surface area (Å²) in [6.45, 7) is 3.84. The third-order valence-electron chi connectivity index (χ3n) is 2.61. The van der Waals surface area contributed by atoms with E-state index >= 15 is 0 Å². The number of benzene rings is 1. The van der Waals surface area contributed by atoms with E-state index in [1.54, 1.807) is 0 Å². The van der Waals surface area contributed by atoms with Crippen molar-refractivity contribution < 1.29 is 18.0 Å². The van der Waals surface area contributed by atoms with Crippen molar-refractivity contribution in [1.82, 2.24) is 5.32 Å². The molecule has 1 aromatic rings. The van der Waals surface area contributed by atoms with Crippen LogP contribution in [0.4, 0.5) is 13.2 Å². The van der Waals surface area contributed by atoms with Crippen LogP contribution in [0.2, 0.25) is 0 Å². The summed E-state index contributed by atoms with van der Waals surface area (Å²) < 4.78 is 38.6. The van der Waals surface area contributed by atoms with Gasteiger partial charge in [-0.2, -0.15) is 0 Å². The fraction of sp³-hybridized carbons (Fsp3) is 0.462. The quantitative estimate of drug-likeness (QED) is 0.807. The van der Waals surface area contributed by atoms with E-state index in [0.29, 0.717) is 12.1 Å². The topological polar surface area (TPSA) is 29.1 Å². The molecule has 0 heterocycles. The van der Waals surface area contributed by atoms with Crippen molar-refractivity contribution in [2.75, 3.05) is 0 Å². The number of nitrogens with one attached hydrogen (secondary N) is 1. The largest absolute Gasteiger partial charge is 0.350 e. The SMILES string of the molecule is CCCCC(C)NC(=O)c1cc(F)c(F)c(F)c1. The maximum atomic E-state index is 12.9. The van der Waals surface area contributed by atoms with Gasteiger partial charge < -0.3 is 5.32 Å². The minimum atomic E-state index is -1.56. The molecule has 0 fully saturated rings. The first-order valence-corrected chi connectivity index (χ1v) is 5.91. The van der Waals surface area contributed by atoms with Gasteiger partial charge in [0.15, 0.2) is 17.5 Å². The van der Waals surface area contributed by atoms with Crippen LogP contribution in [0.25, 0.3) is 0 Å². The molecule has 100 valence electrons. The zero-order chi connectivity index (χ0) is 13.7. The Morgan fingerprint density at radius 1 is 1.28 bits per heavy atom. The fourth-order valence-electron chi connectivity index (χ4n) is 1.58. The maximum absolute atomic E-state index is 12.9. The Labute approximate surface area is 104 Å². The summed E-state index contributed by atoms with van der Waals surface area (Å²) >= 11 is 0. The lowest BCUT2D eigenvalue weighted by atomic mass is 10.1. The van der Waals surface area contributed by atoms with Gasteiger partial charge in [0.05, 0.1) is 0 Å². The van der Waals surface area contributed by atoms with Crippen LogP contribution in [-0.4, -0.2) is 11.9 Å². The Morgan fingerprint density at radius 2 is 1.83 bits per heavy atom. The van der Waals surface area contributed by atoms with E-state index in [1.165, 1.54) is 0 Å². The molecule has 1 aromatic carbocycles. The third-order valence-corrected chi connectivity index (χ3v) is 2.61. The van der Waals surface area contributed by atoms with Gasteiger partial charge >= 0.3 is 0 Å². The number of hydrogen-bond donors (Lipinski definition) is 1. The maximum Gasteiger partial charge on any atom is 0.251 e. The predicted molar refractivity (Wildman–Crippen MR) is 62.8 cm³/mol. The van der Waals surface area contributed by atoms with E-state index in [2.05, 4.69) is 5.32 Å². The van der Waals surface area contributed by atoms with E-state index in [-0.39, 0.29) is 11.6 Å². The second-order valence-electron chi connectivity index (χ2n) is 4.27. The Morgan fingerprint density at radius 3 is 2.33 bits per heavy atom. The van der Waals surface area contributed by atoms with Gasteiger partial charge in [-0.1, -0.05) is 19.8 Å². The second-order valence-corrected chi connectivity index (χ2v) is 4.27. The fourth-order valence-corrected chi connectivity index (χ4v) is 1.58. The van der Waals surface area contributed by atoms with Gasteiger partial charge in [-0.15, -0.1) is 0 Å². The first kappa shape index (κ1) is 14.5. The highest BCUT2D eigenvalue weighted by atomic mass is 19.2. The van der Waals surface area contributed by atoms with Crippen LogP contribution in [0.1, 0.15) is 43.5 Å². The van der Waals surface area contributed by atoms with Crippen molar-refractivity contribution in [2.45, 2.75) is 39.2 Å². The van der Waals surface area contributed by atoms with Crippen LogP contribution in [0.5, 0.6) is 0 Å². The summed E-state index contributed by atoms with van der Waals surface area (Å²) in [5.74, 6) is -4.88. The molecule has 0 spiro atoms. The first-order valence-electron chi connectivity index (χ1n) is 5.91. The summed E-state index contributed by atoms with van der Waals surface area (Å²) in [6, 6.07) is 1.30. The van der Waals surface area contributed by atoms with E-state index < -0.39 is 23.4 Å². The molecule has 0 saturated carbocycles. The number of carbonyl (C=O) groups is 1.